The predicted octanol–water partition coefficient (Wildman–Crippen LogP) is -4.52. The van der Waals surface area contributed by atoms with Crippen molar-refractivity contribution in [3.05, 3.63) is 0 Å². The number of nitrogens with one attached hydrogen (secondary N) is 7. The number of hydrogen-bond acceptors (Lipinski definition) is 12. The third-order valence-electron chi connectivity index (χ3n) is 7.31. The maximum atomic E-state index is 13.0. The number of nitrogens with two attached hydrogens (primary N) is 2. The van der Waals surface area contributed by atoms with E-state index in [-0.39, 0.29) is 44.9 Å². The summed E-state index contributed by atoms with van der Waals surface area (Å²) in [7, 11) is 1.43. The third-order valence-corrected chi connectivity index (χ3v) is 7.31. The Morgan fingerprint density at radius 3 is 1.67 bits per heavy atom. The van der Waals surface area contributed by atoms with Crippen LogP contribution in [-0.4, -0.2) is 126 Å². The van der Waals surface area contributed by atoms with Gasteiger partial charge < -0.3 is 63.7 Å². The Balaban J connectivity index is 5.38. The minimum absolute atomic E-state index is 0.0497. The highest BCUT2D eigenvalue weighted by molar-refractivity contribution is 5.96. The van der Waals surface area contributed by atoms with Crippen LogP contribution in [0.4, 0.5) is 0 Å². The zero-order chi connectivity index (χ0) is 39.1. The molecule has 0 aromatic rings. The Morgan fingerprint density at radius 2 is 1.14 bits per heavy atom. The number of carbonyl (C=O) groups excluding carboxylic acids is 8. The number of aldehydes is 1. The number of carbonyl (C=O) groups is 10. The first kappa shape index (κ1) is 45.8. The van der Waals surface area contributed by atoms with Gasteiger partial charge in [-0.15, -0.1) is 0 Å². The Bertz CT molecular complexity index is 1250. The highest BCUT2D eigenvalue weighted by Gasteiger charge is 2.29. The minimum Gasteiger partial charge on any atom is -0.481 e. The van der Waals surface area contributed by atoms with E-state index in [9.17, 15) is 47.9 Å². The van der Waals surface area contributed by atoms with Gasteiger partial charge in [-0.1, -0.05) is 0 Å². The predicted molar refractivity (Wildman–Crippen MR) is 178 cm³/mol. The van der Waals surface area contributed by atoms with Crippen LogP contribution in [0.2, 0.25) is 0 Å². The van der Waals surface area contributed by atoms with E-state index in [0.29, 0.717) is 25.7 Å². The molecule has 0 saturated carbocycles. The summed E-state index contributed by atoms with van der Waals surface area (Å²) in [6, 6.07) is -7.06. The molecule has 0 aromatic carbocycles. The van der Waals surface area contributed by atoms with Gasteiger partial charge in [-0.25, -0.2) is 0 Å². The Hall–Kier alpha value is -5.18. The lowest BCUT2D eigenvalue weighted by Gasteiger charge is -2.24. The van der Waals surface area contributed by atoms with Crippen molar-refractivity contribution in [1.29, 1.82) is 0 Å². The number of aliphatic carboxylic acids is 2. The molecule has 6 atom stereocenters. The van der Waals surface area contributed by atoms with E-state index in [1.807, 2.05) is 0 Å². The van der Waals surface area contributed by atoms with Crippen LogP contribution in [0.25, 0.3) is 0 Å². The van der Waals surface area contributed by atoms with Gasteiger partial charge in [0.2, 0.25) is 41.4 Å². The molecule has 0 rings (SSSR count). The van der Waals surface area contributed by atoms with E-state index in [2.05, 4.69) is 37.2 Å². The van der Waals surface area contributed by atoms with E-state index in [1.54, 1.807) is 0 Å². The summed E-state index contributed by atoms with van der Waals surface area (Å²) in [4.78, 5) is 121. The van der Waals surface area contributed by atoms with Crippen LogP contribution in [0, 0.1) is 0 Å². The molecule has 0 bridgehead atoms. The van der Waals surface area contributed by atoms with E-state index in [4.69, 9.17) is 21.7 Å². The molecule has 21 nitrogen and oxygen atoms in total. The molecular formula is C30H51N9O12. The van der Waals surface area contributed by atoms with Crippen LogP contribution in [0.5, 0.6) is 0 Å². The lowest BCUT2D eigenvalue weighted by molar-refractivity contribution is -0.138. The fourth-order valence-corrected chi connectivity index (χ4v) is 4.34. The molecule has 0 aliphatic rings. The first-order chi connectivity index (χ1) is 23.9. The molecule has 13 N–H and O–H groups in total. The molecular weight excluding hydrogens is 678 g/mol. The van der Waals surface area contributed by atoms with Gasteiger partial charge in [-0.2, -0.15) is 0 Å². The van der Waals surface area contributed by atoms with Crippen LogP contribution in [0.3, 0.4) is 0 Å². The third kappa shape index (κ3) is 20.2. The molecule has 0 fully saturated rings. The second-order valence-electron chi connectivity index (χ2n) is 11.6. The summed E-state index contributed by atoms with van der Waals surface area (Å²) < 4.78 is 0. The molecule has 0 saturated heterocycles. The second-order valence-corrected chi connectivity index (χ2v) is 11.6. The van der Waals surface area contributed by atoms with Crippen molar-refractivity contribution >= 4 is 59.6 Å². The molecule has 3 unspecified atom stereocenters. The lowest BCUT2D eigenvalue weighted by Crippen LogP contribution is -2.57. The zero-order valence-corrected chi connectivity index (χ0v) is 29.0. The van der Waals surface area contributed by atoms with Crippen molar-refractivity contribution in [3.8, 4) is 0 Å². The summed E-state index contributed by atoms with van der Waals surface area (Å²) in [5, 5.41) is 34.6. The molecule has 0 aromatic heterocycles. The lowest BCUT2D eigenvalue weighted by atomic mass is 10.1. The molecule has 21 heteroatoms. The fourth-order valence-electron chi connectivity index (χ4n) is 4.34. The number of rotatable bonds is 27. The molecule has 288 valence electrons. The summed E-state index contributed by atoms with van der Waals surface area (Å²) in [5.41, 5.74) is 10.7. The molecule has 7 amide bonds. The van der Waals surface area contributed by atoms with Crippen LogP contribution in [0.1, 0.15) is 71.6 Å². The SMILES string of the molecule is CNC(CCC(=O)O)C(=O)NCC(=O)NC(CCC(N)=O)C(=O)N[C@@H](C)C(=O)NC(C)C(=O)N[C@@H](CCCCN)C(=O)N[C@H](C=O)CCC(=O)O. The summed E-state index contributed by atoms with van der Waals surface area (Å²) in [6.45, 7) is 2.29. The minimum atomic E-state index is -1.37. The van der Waals surface area contributed by atoms with E-state index in [0.717, 1.165) is 0 Å². The quantitative estimate of drug-likeness (QED) is 0.0280. The zero-order valence-electron chi connectivity index (χ0n) is 29.0. The number of primary amides is 1. The van der Waals surface area contributed by atoms with Gasteiger partial charge in [-0.05, 0) is 66.0 Å². The molecule has 0 aliphatic heterocycles. The van der Waals surface area contributed by atoms with Gasteiger partial charge in [0, 0.05) is 19.3 Å². The highest BCUT2D eigenvalue weighted by atomic mass is 16.4. The van der Waals surface area contributed by atoms with Crippen molar-refractivity contribution in [1.82, 2.24) is 37.2 Å². The second kappa shape index (κ2) is 24.9. The number of carboxylic acid groups (broad SMARTS) is 2. The van der Waals surface area contributed by atoms with Crippen molar-refractivity contribution in [2.45, 2.75) is 108 Å². The summed E-state index contributed by atoms with van der Waals surface area (Å²) in [6.07, 6.45) is -0.0505. The number of hydrogen-bond donors (Lipinski definition) is 11. The standard InChI is InChI=1S/C30H51N9O12/c1-16(36-29(50)21(8-10-22(32)41)38-23(42)14-34-28(49)19(33-3)9-12-25(45)46)26(47)35-17(2)27(48)39-20(6-4-5-13-31)30(51)37-18(15-40)7-11-24(43)44/h15-21,33H,4-14,31H2,1-3H3,(H2,32,41)(H,34,49)(H,35,47)(H,36,50)(H,37,51)(H,38,42)(H,39,48)(H,43,44)(H,45,46)/t16-,17?,18-,19?,20-,21?/m0/s1. The Labute approximate surface area is 294 Å². The average Bonchev–Trinajstić information content (AvgIpc) is 3.06. The van der Waals surface area contributed by atoms with Gasteiger partial charge in [0.05, 0.1) is 18.6 Å². The summed E-state index contributed by atoms with van der Waals surface area (Å²) in [5.74, 6) is -7.84. The number of unbranched alkanes of at least 4 members (excludes halogenated alkanes) is 1. The fraction of sp³-hybridized carbons (Fsp3) is 0.667. The average molecular weight is 730 g/mol. The highest BCUT2D eigenvalue weighted by Crippen LogP contribution is 2.05. The van der Waals surface area contributed by atoms with Crippen LogP contribution in [0.15, 0.2) is 0 Å². The Morgan fingerprint density at radius 1 is 0.627 bits per heavy atom. The van der Waals surface area contributed by atoms with Gasteiger partial charge in [0.15, 0.2) is 0 Å². The monoisotopic (exact) mass is 729 g/mol. The Kier molecular flexibility index (Phi) is 22.3. The van der Waals surface area contributed by atoms with Crippen LogP contribution in [-0.2, 0) is 47.9 Å². The smallest absolute Gasteiger partial charge is 0.303 e. The van der Waals surface area contributed by atoms with Crippen LogP contribution < -0.4 is 48.7 Å². The van der Waals surface area contributed by atoms with E-state index >= 15 is 0 Å². The van der Waals surface area contributed by atoms with Crippen molar-refractivity contribution < 1.29 is 58.2 Å². The van der Waals surface area contributed by atoms with Gasteiger partial charge in [0.25, 0.3) is 0 Å². The summed E-state index contributed by atoms with van der Waals surface area (Å²) >= 11 is 0. The van der Waals surface area contributed by atoms with Crippen molar-refractivity contribution in [2.75, 3.05) is 20.1 Å². The number of amides is 7. The first-order valence-corrected chi connectivity index (χ1v) is 16.3. The van der Waals surface area contributed by atoms with Crippen LogP contribution >= 0.6 is 0 Å². The van der Waals surface area contributed by atoms with Gasteiger partial charge >= 0.3 is 11.9 Å². The van der Waals surface area contributed by atoms with E-state index in [1.165, 1.54) is 20.9 Å². The molecule has 0 radical (unpaired) electrons. The van der Waals surface area contributed by atoms with Gasteiger partial charge in [0.1, 0.15) is 30.5 Å². The number of likely N-dealkylation sites (N-methyl/N-ethyl adjacent to an activating group) is 1. The van der Waals surface area contributed by atoms with Crippen molar-refractivity contribution in [3.63, 3.8) is 0 Å². The van der Waals surface area contributed by atoms with Gasteiger partial charge in [-0.3, -0.25) is 43.2 Å². The van der Waals surface area contributed by atoms with Crippen molar-refractivity contribution in [2.24, 2.45) is 11.5 Å². The van der Waals surface area contributed by atoms with E-state index < -0.39 is 96.1 Å². The maximum Gasteiger partial charge on any atom is 0.303 e. The molecule has 51 heavy (non-hydrogen) atoms. The normalized spacial score (nSPS) is 14.2. The largest absolute Gasteiger partial charge is 0.481 e. The topological polar surface area (TPSA) is 347 Å². The molecule has 0 spiro atoms. The molecule has 0 heterocycles. The molecule has 0 aliphatic carbocycles. The number of carboxylic acids is 2. The first-order valence-electron chi connectivity index (χ1n) is 16.3. The maximum absolute atomic E-state index is 13.0.